The van der Waals surface area contributed by atoms with E-state index in [-0.39, 0.29) is 6.10 Å². The summed E-state index contributed by atoms with van der Waals surface area (Å²) in [6, 6.07) is 20.6. The summed E-state index contributed by atoms with van der Waals surface area (Å²) in [6.07, 6.45) is 5.39. The minimum atomic E-state index is 0.0404. The standard InChI is InChI=1S/C22H30N2O/c1-4-11-20(12-5-1)22(25-21-13-6-2-7-14-21)19-23-15-10-18-24-16-8-3-9-17-24/h1-2,4-7,11-14,22-23H,3,8-10,15-19H2. The van der Waals surface area contributed by atoms with Crippen molar-refractivity contribution < 1.29 is 4.74 Å². The van der Waals surface area contributed by atoms with Crippen LogP contribution in [0.2, 0.25) is 0 Å². The van der Waals surface area contributed by atoms with Gasteiger partial charge in [-0.25, -0.2) is 0 Å². The second-order valence-corrected chi connectivity index (χ2v) is 6.79. The van der Waals surface area contributed by atoms with Gasteiger partial charge in [-0.05, 0) is 63.1 Å². The molecule has 1 fully saturated rings. The minimum absolute atomic E-state index is 0.0404. The van der Waals surface area contributed by atoms with Gasteiger partial charge < -0.3 is 15.0 Å². The molecule has 1 aliphatic rings. The number of nitrogens with zero attached hydrogens (tertiary/aromatic N) is 1. The fraction of sp³-hybridized carbons (Fsp3) is 0.455. The number of nitrogens with one attached hydrogen (secondary N) is 1. The second-order valence-electron chi connectivity index (χ2n) is 6.79. The normalized spacial score (nSPS) is 16.5. The van der Waals surface area contributed by atoms with E-state index in [1.165, 1.54) is 50.9 Å². The first-order chi connectivity index (χ1) is 12.4. The molecule has 0 bridgehead atoms. The van der Waals surface area contributed by atoms with Gasteiger partial charge in [-0.15, -0.1) is 0 Å². The Morgan fingerprint density at radius 3 is 2.28 bits per heavy atom. The number of ether oxygens (including phenoxy) is 1. The van der Waals surface area contributed by atoms with Crippen molar-refractivity contribution in [2.24, 2.45) is 0 Å². The molecule has 1 unspecified atom stereocenters. The van der Waals surface area contributed by atoms with Gasteiger partial charge in [0.1, 0.15) is 11.9 Å². The van der Waals surface area contributed by atoms with Gasteiger partial charge in [-0.1, -0.05) is 55.0 Å². The first-order valence-corrected chi connectivity index (χ1v) is 9.61. The fourth-order valence-corrected chi connectivity index (χ4v) is 3.40. The van der Waals surface area contributed by atoms with Gasteiger partial charge in [0, 0.05) is 6.54 Å². The molecular formula is C22H30N2O. The van der Waals surface area contributed by atoms with Crippen LogP contribution in [0.5, 0.6) is 5.75 Å². The molecular weight excluding hydrogens is 308 g/mol. The molecule has 0 spiro atoms. The van der Waals surface area contributed by atoms with Gasteiger partial charge in [0.2, 0.25) is 0 Å². The lowest BCUT2D eigenvalue weighted by Gasteiger charge is -2.26. The Kier molecular flexibility index (Phi) is 7.34. The number of rotatable bonds is 9. The van der Waals surface area contributed by atoms with E-state index in [1.807, 2.05) is 30.3 Å². The smallest absolute Gasteiger partial charge is 0.136 e. The maximum Gasteiger partial charge on any atom is 0.136 e. The maximum atomic E-state index is 6.22. The van der Waals surface area contributed by atoms with Crippen molar-refractivity contribution in [1.82, 2.24) is 10.2 Å². The summed E-state index contributed by atoms with van der Waals surface area (Å²) in [5, 5.41) is 3.59. The molecule has 0 aromatic heterocycles. The van der Waals surface area contributed by atoms with Crippen LogP contribution in [0.25, 0.3) is 0 Å². The van der Waals surface area contributed by atoms with Gasteiger partial charge in [0.05, 0.1) is 0 Å². The lowest BCUT2D eigenvalue weighted by Crippen LogP contribution is -2.33. The summed E-state index contributed by atoms with van der Waals surface area (Å²) < 4.78 is 6.22. The van der Waals surface area contributed by atoms with Crippen molar-refractivity contribution >= 4 is 0 Å². The third-order valence-corrected chi connectivity index (χ3v) is 4.80. The topological polar surface area (TPSA) is 24.5 Å². The van der Waals surface area contributed by atoms with Crippen LogP contribution in [0.15, 0.2) is 60.7 Å². The molecule has 1 saturated heterocycles. The van der Waals surface area contributed by atoms with Crippen molar-refractivity contribution in [2.45, 2.75) is 31.8 Å². The van der Waals surface area contributed by atoms with Crippen molar-refractivity contribution in [3.63, 3.8) is 0 Å². The van der Waals surface area contributed by atoms with E-state index in [9.17, 15) is 0 Å². The summed E-state index contributed by atoms with van der Waals surface area (Å²) in [6.45, 7) is 5.65. The Bertz CT molecular complexity index is 581. The molecule has 3 nitrogen and oxygen atoms in total. The van der Waals surface area contributed by atoms with Gasteiger partial charge in [-0.2, -0.15) is 0 Å². The summed E-state index contributed by atoms with van der Waals surface area (Å²) in [5.41, 5.74) is 1.22. The zero-order valence-corrected chi connectivity index (χ0v) is 15.1. The van der Waals surface area contributed by atoms with Crippen LogP contribution in [0.4, 0.5) is 0 Å². The zero-order valence-electron chi connectivity index (χ0n) is 15.1. The average Bonchev–Trinajstić information content (AvgIpc) is 2.69. The summed E-state index contributed by atoms with van der Waals surface area (Å²) in [5.74, 6) is 0.923. The van der Waals surface area contributed by atoms with Crippen molar-refractivity contribution in [2.75, 3.05) is 32.7 Å². The number of hydrogen-bond acceptors (Lipinski definition) is 3. The highest BCUT2D eigenvalue weighted by Crippen LogP contribution is 2.21. The quantitative estimate of drug-likeness (QED) is 0.691. The first kappa shape index (κ1) is 18.0. The first-order valence-electron chi connectivity index (χ1n) is 9.61. The largest absolute Gasteiger partial charge is 0.484 e. The Hall–Kier alpha value is -1.84. The molecule has 0 aliphatic carbocycles. The summed E-state index contributed by atoms with van der Waals surface area (Å²) >= 11 is 0. The van der Waals surface area contributed by atoms with E-state index in [4.69, 9.17) is 4.74 Å². The molecule has 0 radical (unpaired) electrons. The number of piperidine rings is 1. The van der Waals surface area contributed by atoms with Crippen LogP contribution in [-0.4, -0.2) is 37.6 Å². The predicted octanol–water partition coefficient (Wildman–Crippen LogP) is 4.27. The SMILES string of the molecule is c1ccc(OC(CNCCCN2CCCCC2)c2ccccc2)cc1. The van der Waals surface area contributed by atoms with Crippen LogP contribution in [0.1, 0.15) is 37.4 Å². The molecule has 3 rings (SSSR count). The van der Waals surface area contributed by atoms with Gasteiger partial charge in [0.25, 0.3) is 0 Å². The number of benzene rings is 2. The van der Waals surface area contributed by atoms with Crippen LogP contribution >= 0.6 is 0 Å². The highest BCUT2D eigenvalue weighted by atomic mass is 16.5. The van der Waals surface area contributed by atoms with Crippen LogP contribution in [0.3, 0.4) is 0 Å². The van der Waals surface area contributed by atoms with E-state index in [0.29, 0.717) is 0 Å². The Morgan fingerprint density at radius 2 is 1.56 bits per heavy atom. The highest BCUT2D eigenvalue weighted by molar-refractivity contribution is 5.24. The molecule has 2 aromatic carbocycles. The predicted molar refractivity (Wildman–Crippen MR) is 104 cm³/mol. The Balaban J connectivity index is 1.46. The van der Waals surface area contributed by atoms with Crippen molar-refractivity contribution in [3.05, 3.63) is 66.2 Å². The minimum Gasteiger partial charge on any atom is -0.484 e. The zero-order chi connectivity index (χ0) is 17.2. The fourth-order valence-electron chi connectivity index (χ4n) is 3.40. The molecule has 1 atom stereocenters. The van der Waals surface area contributed by atoms with Crippen LogP contribution in [-0.2, 0) is 0 Å². The van der Waals surface area contributed by atoms with E-state index in [2.05, 4.69) is 40.5 Å². The van der Waals surface area contributed by atoms with E-state index < -0.39 is 0 Å². The number of hydrogen-bond donors (Lipinski definition) is 1. The van der Waals surface area contributed by atoms with Gasteiger partial charge in [0.15, 0.2) is 0 Å². The van der Waals surface area contributed by atoms with E-state index >= 15 is 0 Å². The average molecular weight is 338 g/mol. The third-order valence-electron chi connectivity index (χ3n) is 4.80. The molecule has 0 saturated carbocycles. The molecule has 2 aromatic rings. The summed E-state index contributed by atoms with van der Waals surface area (Å²) in [4.78, 5) is 2.60. The molecule has 25 heavy (non-hydrogen) atoms. The van der Waals surface area contributed by atoms with E-state index in [1.54, 1.807) is 0 Å². The lowest BCUT2D eigenvalue weighted by atomic mass is 10.1. The second kappa shape index (κ2) is 10.2. The van der Waals surface area contributed by atoms with Gasteiger partial charge >= 0.3 is 0 Å². The van der Waals surface area contributed by atoms with Crippen molar-refractivity contribution in [3.8, 4) is 5.75 Å². The monoisotopic (exact) mass is 338 g/mol. The summed E-state index contributed by atoms with van der Waals surface area (Å²) in [7, 11) is 0. The van der Waals surface area contributed by atoms with Crippen LogP contribution in [0, 0.1) is 0 Å². The van der Waals surface area contributed by atoms with E-state index in [0.717, 1.165) is 18.8 Å². The Labute approximate surface area is 152 Å². The number of likely N-dealkylation sites (tertiary alicyclic amines) is 1. The molecule has 1 N–H and O–H groups in total. The molecule has 0 amide bonds. The molecule has 134 valence electrons. The Morgan fingerprint density at radius 1 is 0.880 bits per heavy atom. The molecule has 1 heterocycles. The van der Waals surface area contributed by atoms with Gasteiger partial charge in [-0.3, -0.25) is 0 Å². The van der Waals surface area contributed by atoms with Crippen molar-refractivity contribution in [1.29, 1.82) is 0 Å². The highest BCUT2D eigenvalue weighted by Gasteiger charge is 2.13. The number of para-hydroxylation sites is 1. The molecule has 1 aliphatic heterocycles. The third kappa shape index (κ3) is 6.18. The van der Waals surface area contributed by atoms with Crippen LogP contribution < -0.4 is 10.1 Å². The maximum absolute atomic E-state index is 6.22. The molecule has 3 heteroatoms. The lowest BCUT2D eigenvalue weighted by molar-refractivity contribution is 0.197.